The van der Waals surface area contributed by atoms with Crippen LogP contribution in [0.2, 0.25) is 0 Å². The number of aliphatic imine (C=N–C) groups is 1. The van der Waals surface area contributed by atoms with Gasteiger partial charge in [-0.1, -0.05) is 6.07 Å². The van der Waals surface area contributed by atoms with Gasteiger partial charge < -0.3 is 20.1 Å². The highest BCUT2D eigenvalue weighted by molar-refractivity contribution is 5.79. The van der Waals surface area contributed by atoms with E-state index in [2.05, 4.69) is 46.7 Å². The van der Waals surface area contributed by atoms with Crippen molar-refractivity contribution in [2.75, 3.05) is 33.9 Å². The number of nitrogens with one attached hydrogen (secondary N) is 2. The van der Waals surface area contributed by atoms with Gasteiger partial charge in [-0.05, 0) is 63.3 Å². The third kappa shape index (κ3) is 6.41. The quantitative estimate of drug-likeness (QED) is 0.364. The van der Waals surface area contributed by atoms with Crippen LogP contribution in [0.3, 0.4) is 0 Å². The lowest BCUT2D eigenvalue weighted by Crippen LogP contribution is -2.38. The van der Waals surface area contributed by atoms with E-state index in [1.54, 1.807) is 14.2 Å². The smallest absolute Gasteiger partial charge is 0.190 e. The number of ether oxygens (including phenoxy) is 2. The maximum Gasteiger partial charge on any atom is 0.190 e. The molecular formula is C22H35N5O2. The van der Waals surface area contributed by atoms with Gasteiger partial charge in [0.05, 0.1) is 19.4 Å². The van der Waals surface area contributed by atoms with Crippen LogP contribution in [0, 0.1) is 13.8 Å². The van der Waals surface area contributed by atoms with E-state index < -0.39 is 0 Å². The van der Waals surface area contributed by atoms with Crippen molar-refractivity contribution in [3.8, 4) is 11.5 Å². The predicted octanol–water partition coefficient (Wildman–Crippen LogP) is 2.78. The van der Waals surface area contributed by atoms with Crippen molar-refractivity contribution in [2.45, 2.75) is 40.0 Å². The Labute approximate surface area is 174 Å². The fourth-order valence-corrected chi connectivity index (χ4v) is 3.35. The summed E-state index contributed by atoms with van der Waals surface area (Å²) in [5.74, 6) is 2.41. The number of benzene rings is 1. The maximum absolute atomic E-state index is 5.65. The van der Waals surface area contributed by atoms with E-state index in [4.69, 9.17) is 9.47 Å². The number of guanidine groups is 1. The molecule has 0 spiro atoms. The van der Waals surface area contributed by atoms with Crippen LogP contribution in [0.4, 0.5) is 0 Å². The van der Waals surface area contributed by atoms with Crippen molar-refractivity contribution in [1.82, 2.24) is 20.4 Å². The minimum absolute atomic E-state index is 0.626. The summed E-state index contributed by atoms with van der Waals surface area (Å²) >= 11 is 0. The molecule has 1 aromatic heterocycles. The first kappa shape index (κ1) is 22.6. The van der Waals surface area contributed by atoms with Gasteiger partial charge in [-0.25, -0.2) is 0 Å². The van der Waals surface area contributed by atoms with Crippen molar-refractivity contribution in [3.63, 3.8) is 0 Å². The Hall–Kier alpha value is -2.70. The summed E-state index contributed by atoms with van der Waals surface area (Å²) in [4.78, 5) is 4.31. The average molecular weight is 402 g/mol. The van der Waals surface area contributed by atoms with Gasteiger partial charge in [0.25, 0.3) is 0 Å². The Kier molecular flexibility index (Phi) is 8.83. The SMILES string of the molecule is CCOc1cc(CCCNC(=NC)NCCc2c(C)nn(C)c2C)ccc1OC. The standard InChI is InChI=1S/C22H35N5O2/c1-7-29-21-15-18(10-11-20(21)28-6)9-8-13-24-22(23-4)25-14-12-19-16(2)26-27(5)17(19)3/h10-11,15H,7-9,12-14H2,1-6H3,(H2,23,24,25). The molecule has 2 aromatic rings. The highest BCUT2D eigenvalue weighted by Gasteiger charge is 2.09. The van der Waals surface area contributed by atoms with Crippen LogP contribution in [0.5, 0.6) is 11.5 Å². The topological polar surface area (TPSA) is 72.7 Å². The monoisotopic (exact) mass is 401 g/mol. The van der Waals surface area contributed by atoms with Gasteiger partial charge in [0.1, 0.15) is 0 Å². The molecule has 0 aliphatic rings. The lowest BCUT2D eigenvalue weighted by molar-refractivity contribution is 0.310. The van der Waals surface area contributed by atoms with E-state index in [1.165, 1.54) is 16.8 Å². The molecule has 2 N–H and O–H groups in total. The molecule has 0 saturated heterocycles. The van der Waals surface area contributed by atoms with Crippen LogP contribution < -0.4 is 20.1 Å². The third-order valence-corrected chi connectivity index (χ3v) is 5.01. The summed E-state index contributed by atoms with van der Waals surface area (Å²) in [5, 5.41) is 11.2. The molecule has 0 unspecified atom stereocenters. The van der Waals surface area contributed by atoms with Gasteiger partial charge in [-0.2, -0.15) is 5.10 Å². The molecular weight excluding hydrogens is 366 g/mol. The van der Waals surface area contributed by atoms with Crippen LogP contribution in [0.25, 0.3) is 0 Å². The predicted molar refractivity (Wildman–Crippen MR) is 118 cm³/mol. The molecule has 29 heavy (non-hydrogen) atoms. The molecule has 0 bridgehead atoms. The van der Waals surface area contributed by atoms with Crippen LogP contribution in [-0.2, 0) is 19.9 Å². The minimum Gasteiger partial charge on any atom is -0.493 e. The Morgan fingerprint density at radius 3 is 2.52 bits per heavy atom. The molecule has 0 saturated carbocycles. The lowest BCUT2D eigenvalue weighted by atomic mass is 10.1. The number of nitrogens with zero attached hydrogens (tertiary/aromatic N) is 3. The fraction of sp³-hybridized carbons (Fsp3) is 0.545. The number of hydrogen-bond donors (Lipinski definition) is 2. The molecule has 1 aromatic carbocycles. The Bertz CT molecular complexity index is 814. The molecule has 7 nitrogen and oxygen atoms in total. The minimum atomic E-state index is 0.626. The Balaban J connectivity index is 1.75. The van der Waals surface area contributed by atoms with E-state index in [1.807, 2.05) is 24.7 Å². The largest absolute Gasteiger partial charge is 0.493 e. The van der Waals surface area contributed by atoms with Gasteiger partial charge >= 0.3 is 0 Å². The maximum atomic E-state index is 5.65. The zero-order chi connectivity index (χ0) is 21.2. The second-order valence-electron chi connectivity index (χ2n) is 6.97. The van der Waals surface area contributed by atoms with Crippen molar-refractivity contribution in [2.24, 2.45) is 12.0 Å². The van der Waals surface area contributed by atoms with Crippen LogP contribution in [0.1, 0.15) is 35.9 Å². The zero-order valence-electron chi connectivity index (χ0n) is 18.6. The third-order valence-electron chi connectivity index (χ3n) is 5.01. The van der Waals surface area contributed by atoms with Crippen molar-refractivity contribution >= 4 is 5.96 Å². The molecule has 0 aliphatic heterocycles. The second-order valence-corrected chi connectivity index (χ2v) is 6.97. The first-order valence-corrected chi connectivity index (χ1v) is 10.2. The fourth-order valence-electron chi connectivity index (χ4n) is 3.35. The first-order chi connectivity index (χ1) is 14.0. The summed E-state index contributed by atoms with van der Waals surface area (Å²) in [6.45, 7) is 8.45. The van der Waals surface area contributed by atoms with E-state index in [0.717, 1.165) is 55.5 Å². The molecule has 0 amide bonds. The Morgan fingerprint density at radius 2 is 1.90 bits per heavy atom. The second kappa shape index (κ2) is 11.3. The van der Waals surface area contributed by atoms with Gasteiger partial charge in [0.15, 0.2) is 17.5 Å². The molecule has 0 radical (unpaired) electrons. The zero-order valence-corrected chi connectivity index (χ0v) is 18.6. The molecule has 0 atom stereocenters. The Morgan fingerprint density at radius 1 is 1.14 bits per heavy atom. The lowest BCUT2D eigenvalue weighted by Gasteiger charge is -2.13. The summed E-state index contributed by atoms with van der Waals surface area (Å²) in [5.41, 5.74) is 4.86. The van der Waals surface area contributed by atoms with Crippen molar-refractivity contribution in [3.05, 3.63) is 40.7 Å². The van der Waals surface area contributed by atoms with Gasteiger partial charge in [0.2, 0.25) is 0 Å². The van der Waals surface area contributed by atoms with Gasteiger partial charge in [-0.15, -0.1) is 0 Å². The van der Waals surface area contributed by atoms with E-state index in [9.17, 15) is 0 Å². The summed E-state index contributed by atoms with van der Waals surface area (Å²) < 4.78 is 12.9. The summed E-state index contributed by atoms with van der Waals surface area (Å²) in [6.07, 6.45) is 2.89. The van der Waals surface area contributed by atoms with E-state index in [0.29, 0.717) is 6.61 Å². The molecule has 0 fully saturated rings. The van der Waals surface area contributed by atoms with Crippen LogP contribution >= 0.6 is 0 Å². The van der Waals surface area contributed by atoms with E-state index in [-0.39, 0.29) is 0 Å². The highest BCUT2D eigenvalue weighted by Crippen LogP contribution is 2.28. The summed E-state index contributed by atoms with van der Waals surface area (Å²) in [6, 6.07) is 6.12. The molecule has 2 rings (SSSR count). The van der Waals surface area contributed by atoms with Crippen molar-refractivity contribution < 1.29 is 9.47 Å². The van der Waals surface area contributed by atoms with Gasteiger partial charge in [-0.3, -0.25) is 9.67 Å². The normalized spacial score (nSPS) is 11.4. The molecule has 7 heteroatoms. The summed E-state index contributed by atoms with van der Waals surface area (Å²) in [7, 11) is 5.45. The number of hydrogen-bond acceptors (Lipinski definition) is 4. The number of aromatic nitrogens is 2. The first-order valence-electron chi connectivity index (χ1n) is 10.2. The number of methoxy groups -OCH3 is 1. The van der Waals surface area contributed by atoms with Gasteiger partial charge in [0, 0.05) is 32.9 Å². The van der Waals surface area contributed by atoms with Crippen LogP contribution in [0.15, 0.2) is 23.2 Å². The number of rotatable bonds is 10. The average Bonchev–Trinajstić information content (AvgIpc) is 2.96. The van der Waals surface area contributed by atoms with E-state index >= 15 is 0 Å². The highest BCUT2D eigenvalue weighted by atomic mass is 16.5. The number of aryl methyl sites for hydroxylation is 3. The van der Waals surface area contributed by atoms with Crippen LogP contribution in [-0.4, -0.2) is 49.6 Å². The molecule has 0 aliphatic carbocycles. The van der Waals surface area contributed by atoms with Crippen molar-refractivity contribution in [1.29, 1.82) is 0 Å². The molecule has 160 valence electrons. The molecule has 1 heterocycles.